The number of halogens is 1. The number of carbonyl (C=O) groups is 2. The number of carbonyl (C=O) groups excluding carboxylic acids is 2. The van der Waals surface area contributed by atoms with E-state index in [0.29, 0.717) is 47.1 Å². The van der Waals surface area contributed by atoms with Crippen LogP contribution in [0.25, 0.3) is 21.2 Å². The minimum atomic E-state index is -1.79. The van der Waals surface area contributed by atoms with Gasteiger partial charge in [0.15, 0.2) is 16.1 Å². The average molecular weight is 572 g/mol. The summed E-state index contributed by atoms with van der Waals surface area (Å²) in [4.78, 5) is 51.0. The fourth-order valence-corrected chi connectivity index (χ4v) is 7.04. The second-order valence-electron chi connectivity index (χ2n) is 9.66. The summed E-state index contributed by atoms with van der Waals surface area (Å²) in [5.41, 5.74) is -0.246. The first-order valence-corrected chi connectivity index (χ1v) is 14.2. The highest BCUT2D eigenvalue weighted by Gasteiger charge is 2.66. The fraction of sp³-hybridized carbons (Fsp3) is 0.200. The number of hydrogen-bond acceptors (Lipinski definition) is 7. The van der Waals surface area contributed by atoms with E-state index in [1.54, 1.807) is 29.2 Å². The average Bonchev–Trinajstić information content (AvgIpc) is 3.55. The van der Waals surface area contributed by atoms with Crippen molar-refractivity contribution in [1.29, 1.82) is 0 Å². The van der Waals surface area contributed by atoms with Gasteiger partial charge in [-0.15, -0.1) is 0 Å². The smallest absolute Gasteiger partial charge is 0.297 e. The predicted octanol–water partition coefficient (Wildman–Crippen LogP) is 6.12. The first kappa shape index (κ1) is 24.8. The van der Waals surface area contributed by atoms with E-state index in [4.69, 9.17) is 25.7 Å². The third-order valence-corrected chi connectivity index (χ3v) is 8.62. The maximum atomic E-state index is 14.7. The Hall–Kier alpha value is -4.21. The van der Waals surface area contributed by atoms with Crippen LogP contribution < -0.4 is 20.0 Å². The molecular formula is C30H22ClN3O5S. The Morgan fingerprint density at radius 2 is 1.88 bits per heavy atom. The van der Waals surface area contributed by atoms with Crippen molar-refractivity contribution in [3.05, 3.63) is 92.8 Å². The summed E-state index contributed by atoms with van der Waals surface area (Å²) in [6.45, 7) is 4.79. The standard InChI is InChI=1S/C30H22ClN3O5S/c1-3-13-33-21-8-6-5-7-19(21)30(28(33)37)24-25(35)18-14-16(31)9-12-22(18)39-26(24)27(36)34(30)29-32-20-11-10-17(38-4-2)15-23(20)40-29/h5-12,14-15H,3-4,13H2,1-2H3. The van der Waals surface area contributed by atoms with Gasteiger partial charge in [0.1, 0.15) is 11.3 Å². The van der Waals surface area contributed by atoms with Gasteiger partial charge in [0.25, 0.3) is 11.8 Å². The van der Waals surface area contributed by atoms with Crippen LogP contribution in [0.3, 0.4) is 0 Å². The third-order valence-electron chi connectivity index (χ3n) is 7.38. The minimum Gasteiger partial charge on any atom is -0.494 e. The SMILES string of the molecule is CCCN1C(=O)C2(c3ccccc31)c1c(oc3ccc(Cl)cc3c1=O)C(=O)N2c1nc2ccc(OCC)cc2s1. The Kier molecular flexibility index (Phi) is 5.52. The van der Waals surface area contributed by atoms with E-state index in [9.17, 15) is 14.4 Å². The molecule has 2 amide bonds. The number of anilines is 2. The van der Waals surface area contributed by atoms with Crippen LogP contribution >= 0.6 is 22.9 Å². The summed E-state index contributed by atoms with van der Waals surface area (Å²) in [6, 6.07) is 17.4. The number of aromatic nitrogens is 1. The minimum absolute atomic E-state index is 0.0161. The lowest BCUT2D eigenvalue weighted by molar-refractivity contribution is -0.121. The van der Waals surface area contributed by atoms with Crippen molar-refractivity contribution < 1.29 is 18.7 Å². The summed E-state index contributed by atoms with van der Waals surface area (Å²) in [6.07, 6.45) is 0.681. The van der Waals surface area contributed by atoms with E-state index in [1.807, 2.05) is 44.2 Å². The van der Waals surface area contributed by atoms with Crippen molar-refractivity contribution in [2.24, 2.45) is 0 Å². The van der Waals surface area contributed by atoms with Crippen LogP contribution in [0.5, 0.6) is 5.75 Å². The molecule has 2 aromatic heterocycles. The van der Waals surface area contributed by atoms with Gasteiger partial charge >= 0.3 is 0 Å². The number of hydrogen-bond donors (Lipinski definition) is 0. The molecule has 1 unspecified atom stereocenters. The van der Waals surface area contributed by atoms with Crippen molar-refractivity contribution in [3.63, 3.8) is 0 Å². The molecule has 0 saturated heterocycles. The molecule has 4 heterocycles. The number of nitrogens with zero attached hydrogens (tertiary/aromatic N) is 3. The van der Waals surface area contributed by atoms with E-state index in [1.165, 1.54) is 22.3 Å². The first-order valence-electron chi connectivity index (χ1n) is 13.0. The number of fused-ring (bicyclic) bond motifs is 6. The lowest BCUT2D eigenvalue weighted by Gasteiger charge is -2.32. The van der Waals surface area contributed by atoms with Gasteiger partial charge in [-0.1, -0.05) is 48.1 Å². The maximum Gasteiger partial charge on any atom is 0.297 e. The number of amides is 2. The Morgan fingerprint density at radius 3 is 2.67 bits per heavy atom. The molecule has 3 aromatic carbocycles. The lowest BCUT2D eigenvalue weighted by atomic mass is 9.84. The highest BCUT2D eigenvalue weighted by Crippen LogP contribution is 2.55. The second-order valence-corrected chi connectivity index (χ2v) is 11.1. The van der Waals surface area contributed by atoms with Crippen molar-refractivity contribution in [2.45, 2.75) is 25.8 Å². The molecule has 0 N–H and O–H groups in total. The highest BCUT2D eigenvalue weighted by atomic mass is 35.5. The van der Waals surface area contributed by atoms with Gasteiger partial charge in [-0.05, 0) is 55.8 Å². The molecule has 1 spiro atoms. The summed E-state index contributed by atoms with van der Waals surface area (Å²) in [7, 11) is 0. The number of para-hydroxylation sites is 1. The first-order chi connectivity index (χ1) is 19.4. The van der Waals surface area contributed by atoms with E-state index >= 15 is 0 Å². The van der Waals surface area contributed by atoms with Crippen LogP contribution in [0, 0.1) is 0 Å². The number of ether oxygens (including phenoxy) is 1. The van der Waals surface area contributed by atoms with Crippen LogP contribution in [0.4, 0.5) is 10.8 Å². The van der Waals surface area contributed by atoms with Gasteiger partial charge in [0, 0.05) is 17.1 Å². The number of benzene rings is 3. The Balaban J connectivity index is 1.58. The zero-order valence-corrected chi connectivity index (χ0v) is 23.1. The monoisotopic (exact) mass is 571 g/mol. The van der Waals surface area contributed by atoms with E-state index in [-0.39, 0.29) is 27.4 Å². The molecule has 0 fully saturated rings. The Bertz CT molecular complexity index is 1950. The lowest BCUT2D eigenvalue weighted by Crippen LogP contribution is -2.53. The molecule has 0 aliphatic carbocycles. The molecule has 2 aliphatic rings. The van der Waals surface area contributed by atoms with Crippen molar-refractivity contribution in [3.8, 4) is 5.75 Å². The summed E-state index contributed by atoms with van der Waals surface area (Å²) >= 11 is 7.50. The van der Waals surface area contributed by atoms with E-state index in [2.05, 4.69) is 0 Å². The number of thiazole rings is 1. The van der Waals surface area contributed by atoms with Gasteiger partial charge in [-0.25, -0.2) is 4.98 Å². The summed E-state index contributed by atoms with van der Waals surface area (Å²) < 4.78 is 12.5. The van der Waals surface area contributed by atoms with Crippen LogP contribution in [0.2, 0.25) is 5.02 Å². The molecule has 0 saturated carbocycles. The predicted molar refractivity (Wildman–Crippen MR) is 155 cm³/mol. The van der Waals surface area contributed by atoms with Crippen LogP contribution in [0.1, 0.15) is 41.9 Å². The van der Waals surface area contributed by atoms with Crippen LogP contribution in [-0.2, 0) is 10.3 Å². The highest BCUT2D eigenvalue weighted by molar-refractivity contribution is 7.22. The summed E-state index contributed by atoms with van der Waals surface area (Å²) in [5, 5.41) is 0.824. The van der Waals surface area contributed by atoms with Crippen molar-refractivity contribution >= 4 is 66.8 Å². The normalized spacial score (nSPS) is 17.9. The van der Waals surface area contributed by atoms with E-state index < -0.39 is 22.8 Å². The second kappa shape index (κ2) is 8.90. The molecular weight excluding hydrogens is 550 g/mol. The quantitative estimate of drug-likeness (QED) is 0.252. The zero-order chi connectivity index (χ0) is 27.8. The van der Waals surface area contributed by atoms with Gasteiger partial charge in [0.2, 0.25) is 5.76 Å². The van der Waals surface area contributed by atoms with Crippen molar-refractivity contribution in [2.75, 3.05) is 23.0 Å². The largest absolute Gasteiger partial charge is 0.494 e. The van der Waals surface area contributed by atoms with Crippen LogP contribution in [0.15, 0.2) is 69.9 Å². The molecule has 10 heteroatoms. The fourth-order valence-electron chi connectivity index (χ4n) is 5.83. The van der Waals surface area contributed by atoms with Gasteiger partial charge in [0.05, 0.1) is 33.5 Å². The Labute approximate surface area is 237 Å². The molecule has 1 atom stereocenters. The molecule has 200 valence electrons. The third kappa shape index (κ3) is 3.19. The molecule has 0 bridgehead atoms. The molecule has 0 radical (unpaired) electrons. The van der Waals surface area contributed by atoms with Gasteiger partial charge in [-0.3, -0.25) is 19.3 Å². The molecule has 7 rings (SSSR count). The zero-order valence-electron chi connectivity index (χ0n) is 21.6. The number of rotatable bonds is 5. The molecule has 5 aromatic rings. The molecule has 40 heavy (non-hydrogen) atoms. The van der Waals surface area contributed by atoms with E-state index in [0.717, 1.165) is 4.70 Å². The topological polar surface area (TPSA) is 93.0 Å². The molecule has 8 nitrogen and oxygen atoms in total. The molecule has 2 aliphatic heterocycles. The van der Waals surface area contributed by atoms with Gasteiger partial charge < -0.3 is 14.1 Å². The summed E-state index contributed by atoms with van der Waals surface area (Å²) in [5.74, 6) is -0.497. The maximum absolute atomic E-state index is 14.7. The van der Waals surface area contributed by atoms with Gasteiger partial charge in [-0.2, -0.15) is 0 Å². The van der Waals surface area contributed by atoms with Crippen molar-refractivity contribution in [1.82, 2.24) is 4.98 Å². The van der Waals surface area contributed by atoms with Crippen LogP contribution in [-0.4, -0.2) is 29.9 Å². The Morgan fingerprint density at radius 1 is 1.05 bits per heavy atom.